The van der Waals surface area contributed by atoms with Crippen molar-refractivity contribution >= 4 is 11.8 Å². The number of nitrogens with one attached hydrogen (secondary N) is 1. The van der Waals surface area contributed by atoms with Gasteiger partial charge in [0.05, 0.1) is 5.92 Å². The van der Waals surface area contributed by atoms with Gasteiger partial charge >= 0.3 is 0 Å². The number of hydrogen-bond donors (Lipinski definition) is 2. The van der Waals surface area contributed by atoms with Crippen LogP contribution < -0.4 is 11.1 Å². The third-order valence-corrected chi connectivity index (χ3v) is 4.80. The lowest BCUT2D eigenvalue weighted by atomic mass is 9.96. The molecule has 0 aromatic carbocycles. The Labute approximate surface area is 120 Å². The summed E-state index contributed by atoms with van der Waals surface area (Å²) in [6.45, 7) is 1.94. The van der Waals surface area contributed by atoms with Crippen LogP contribution in [0.3, 0.4) is 0 Å². The molecule has 0 bridgehead atoms. The van der Waals surface area contributed by atoms with E-state index in [1.807, 2.05) is 4.90 Å². The number of amides is 2. The first-order chi connectivity index (χ1) is 9.69. The number of likely N-dealkylation sites (tertiary alicyclic amines) is 1. The summed E-state index contributed by atoms with van der Waals surface area (Å²) in [7, 11) is 0. The number of carbonyl (C=O) groups is 2. The molecule has 2 aliphatic carbocycles. The van der Waals surface area contributed by atoms with E-state index < -0.39 is 0 Å². The topological polar surface area (TPSA) is 75.4 Å². The molecule has 0 spiro atoms. The molecule has 3 N–H and O–H groups in total. The number of nitrogens with two attached hydrogens (primary N) is 1. The Bertz CT molecular complexity index is 391. The fraction of sp³-hybridized carbons (Fsp3) is 0.867. The summed E-state index contributed by atoms with van der Waals surface area (Å²) in [5.74, 6) is 1.15. The third-order valence-electron chi connectivity index (χ3n) is 4.80. The van der Waals surface area contributed by atoms with Crippen LogP contribution in [-0.4, -0.2) is 42.4 Å². The summed E-state index contributed by atoms with van der Waals surface area (Å²) in [6.07, 6.45) is 6.25. The molecule has 112 valence electrons. The van der Waals surface area contributed by atoms with Gasteiger partial charge in [0.2, 0.25) is 11.8 Å². The van der Waals surface area contributed by atoms with E-state index >= 15 is 0 Å². The van der Waals surface area contributed by atoms with Crippen LogP contribution in [0, 0.1) is 17.8 Å². The molecule has 20 heavy (non-hydrogen) atoms. The molecular weight excluding hydrogens is 254 g/mol. The fourth-order valence-electron chi connectivity index (χ4n) is 3.15. The molecule has 2 unspecified atom stereocenters. The highest BCUT2D eigenvalue weighted by atomic mass is 16.2. The summed E-state index contributed by atoms with van der Waals surface area (Å²) in [5.41, 5.74) is 5.74. The molecule has 3 rings (SSSR count). The lowest BCUT2D eigenvalue weighted by Gasteiger charge is -2.33. The summed E-state index contributed by atoms with van der Waals surface area (Å²) >= 11 is 0. The number of carbonyl (C=O) groups excluding carboxylic acids is 2. The Morgan fingerprint density at radius 2 is 1.90 bits per heavy atom. The second kappa shape index (κ2) is 5.72. The van der Waals surface area contributed by atoms with Gasteiger partial charge in [0.25, 0.3) is 0 Å². The van der Waals surface area contributed by atoms with Crippen molar-refractivity contribution in [2.45, 2.75) is 44.6 Å². The van der Waals surface area contributed by atoms with Gasteiger partial charge in [0, 0.05) is 31.6 Å². The molecule has 1 heterocycles. The Morgan fingerprint density at radius 1 is 1.15 bits per heavy atom. The Morgan fingerprint density at radius 3 is 2.50 bits per heavy atom. The van der Waals surface area contributed by atoms with Crippen molar-refractivity contribution in [3.05, 3.63) is 0 Å². The standard InChI is InChI=1S/C15H25N3O2/c16-8-13(10-3-4-10)17-14(19)12-2-1-7-18(9-12)15(20)11-5-6-11/h10-13H,1-9,16H2,(H,17,19). The third kappa shape index (κ3) is 3.14. The van der Waals surface area contributed by atoms with Gasteiger partial charge in [0.1, 0.15) is 0 Å². The van der Waals surface area contributed by atoms with E-state index in [0.29, 0.717) is 19.0 Å². The second-order valence-corrected chi connectivity index (χ2v) is 6.59. The van der Waals surface area contributed by atoms with Gasteiger partial charge in [-0.1, -0.05) is 0 Å². The second-order valence-electron chi connectivity index (χ2n) is 6.59. The quantitative estimate of drug-likeness (QED) is 0.769. The Balaban J connectivity index is 1.52. The van der Waals surface area contributed by atoms with Gasteiger partial charge in [0.15, 0.2) is 0 Å². The zero-order chi connectivity index (χ0) is 14.1. The maximum Gasteiger partial charge on any atom is 0.225 e. The van der Waals surface area contributed by atoms with Crippen molar-refractivity contribution in [2.24, 2.45) is 23.5 Å². The molecule has 3 aliphatic rings. The van der Waals surface area contributed by atoms with Crippen molar-refractivity contribution in [2.75, 3.05) is 19.6 Å². The predicted octanol–water partition coefficient (Wildman–Crippen LogP) is 0.488. The summed E-state index contributed by atoms with van der Waals surface area (Å²) in [4.78, 5) is 26.4. The summed E-state index contributed by atoms with van der Waals surface area (Å²) in [6, 6.07) is 0.136. The van der Waals surface area contributed by atoms with Crippen LogP contribution in [-0.2, 0) is 9.59 Å². The van der Waals surface area contributed by atoms with Crippen LogP contribution in [0.15, 0.2) is 0 Å². The molecule has 5 heteroatoms. The zero-order valence-corrected chi connectivity index (χ0v) is 12.0. The monoisotopic (exact) mass is 279 g/mol. The summed E-state index contributed by atoms with van der Waals surface area (Å²) < 4.78 is 0. The molecule has 3 fully saturated rings. The average Bonchev–Trinajstić information content (AvgIpc) is 3.35. The van der Waals surface area contributed by atoms with E-state index in [1.54, 1.807) is 0 Å². The van der Waals surface area contributed by atoms with Gasteiger partial charge in [-0.15, -0.1) is 0 Å². The van der Waals surface area contributed by atoms with E-state index in [0.717, 1.165) is 32.2 Å². The minimum atomic E-state index is -0.0424. The average molecular weight is 279 g/mol. The largest absolute Gasteiger partial charge is 0.352 e. The summed E-state index contributed by atoms with van der Waals surface area (Å²) in [5, 5.41) is 3.10. The van der Waals surface area contributed by atoms with Crippen LogP contribution in [0.2, 0.25) is 0 Å². The van der Waals surface area contributed by atoms with Crippen molar-refractivity contribution in [3.8, 4) is 0 Å². The molecular formula is C15H25N3O2. The Hall–Kier alpha value is -1.10. The molecule has 1 aliphatic heterocycles. The molecule has 5 nitrogen and oxygen atoms in total. The van der Waals surface area contributed by atoms with Gasteiger partial charge in [-0.3, -0.25) is 9.59 Å². The molecule has 2 amide bonds. The SMILES string of the molecule is NCC(NC(=O)C1CCCN(C(=O)C2CC2)C1)C1CC1. The van der Waals surface area contributed by atoms with Crippen LogP contribution in [0.5, 0.6) is 0 Å². The molecule has 2 saturated carbocycles. The van der Waals surface area contributed by atoms with Crippen molar-refractivity contribution < 1.29 is 9.59 Å². The Kier molecular flexibility index (Phi) is 3.96. The van der Waals surface area contributed by atoms with Crippen LogP contribution in [0.4, 0.5) is 0 Å². The van der Waals surface area contributed by atoms with Gasteiger partial charge in [-0.2, -0.15) is 0 Å². The van der Waals surface area contributed by atoms with Crippen molar-refractivity contribution in [1.82, 2.24) is 10.2 Å². The fourth-order valence-corrected chi connectivity index (χ4v) is 3.15. The van der Waals surface area contributed by atoms with E-state index in [9.17, 15) is 9.59 Å². The lowest BCUT2D eigenvalue weighted by molar-refractivity contribution is -0.137. The van der Waals surface area contributed by atoms with Crippen molar-refractivity contribution in [1.29, 1.82) is 0 Å². The highest BCUT2D eigenvalue weighted by molar-refractivity contribution is 5.83. The number of hydrogen-bond acceptors (Lipinski definition) is 3. The number of piperidine rings is 1. The van der Waals surface area contributed by atoms with Gasteiger partial charge in [-0.25, -0.2) is 0 Å². The lowest BCUT2D eigenvalue weighted by Crippen LogP contribution is -2.50. The first-order valence-electron chi connectivity index (χ1n) is 7.98. The van der Waals surface area contributed by atoms with Gasteiger partial charge < -0.3 is 16.0 Å². The van der Waals surface area contributed by atoms with Crippen LogP contribution in [0.25, 0.3) is 0 Å². The van der Waals surface area contributed by atoms with E-state index in [4.69, 9.17) is 5.73 Å². The number of nitrogens with zero attached hydrogens (tertiary/aromatic N) is 1. The van der Waals surface area contributed by atoms with E-state index in [-0.39, 0.29) is 29.7 Å². The highest BCUT2D eigenvalue weighted by Crippen LogP contribution is 2.34. The highest BCUT2D eigenvalue weighted by Gasteiger charge is 2.38. The first-order valence-corrected chi connectivity index (χ1v) is 7.98. The maximum atomic E-state index is 12.3. The van der Waals surface area contributed by atoms with E-state index in [1.165, 1.54) is 12.8 Å². The van der Waals surface area contributed by atoms with Gasteiger partial charge in [-0.05, 0) is 44.4 Å². The van der Waals surface area contributed by atoms with Crippen LogP contribution in [0.1, 0.15) is 38.5 Å². The van der Waals surface area contributed by atoms with E-state index in [2.05, 4.69) is 5.32 Å². The molecule has 0 radical (unpaired) electrons. The molecule has 0 aromatic heterocycles. The molecule has 1 saturated heterocycles. The zero-order valence-electron chi connectivity index (χ0n) is 12.0. The molecule has 0 aromatic rings. The predicted molar refractivity (Wildman–Crippen MR) is 75.7 cm³/mol. The smallest absolute Gasteiger partial charge is 0.225 e. The normalized spacial score (nSPS) is 28.1. The number of rotatable bonds is 5. The minimum absolute atomic E-state index is 0.0424. The molecule has 2 atom stereocenters. The first kappa shape index (κ1) is 13.9. The maximum absolute atomic E-state index is 12.3. The van der Waals surface area contributed by atoms with Crippen LogP contribution >= 0.6 is 0 Å². The minimum Gasteiger partial charge on any atom is -0.352 e. The van der Waals surface area contributed by atoms with Crippen molar-refractivity contribution in [3.63, 3.8) is 0 Å².